The number of hydrogen-bond donors (Lipinski definition) is 1. The Labute approximate surface area is 154 Å². The van der Waals surface area contributed by atoms with E-state index in [0.717, 1.165) is 12.0 Å². The molecule has 2 aromatic rings. The molecule has 3 atom stereocenters. The van der Waals surface area contributed by atoms with E-state index in [1.165, 1.54) is 24.3 Å². The Morgan fingerprint density at radius 2 is 1.85 bits per heavy atom. The second kappa shape index (κ2) is 7.19. The Hall–Kier alpha value is -2.21. The van der Waals surface area contributed by atoms with Crippen LogP contribution in [0, 0.1) is 5.92 Å². The number of amides is 1. The third kappa shape index (κ3) is 4.49. The fraction of sp³-hybridized carbons (Fsp3) is 0.316. The van der Waals surface area contributed by atoms with Crippen molar-refractivity contribution in [3.05, 3.63) is 64.7 Å². The first-order chi connectivity index (χ1) is 12.2. The first-order valence-electron chi connectivity index (χ1n) is 8.15. The van der Waals surface area contributed by atoms with Gasteiger partial charge in [0.15, 0.2) is 0 Å². The normalized spacial score (nSPS) is 20.3. The van der Waals surface area contributed by atoms with Crippen LogP contribution in [0.3, 0.4) is 0 Å². The predicted molar refractivity (Wildman–Crippen MR) is 92.0 cm³/mol. The molecule has 26 heavy (non-hydrogen) atoms. The number of carbonyl (C=O) groups excluding carboxylic acids is 1. The molecule has 3 rings (SSSR count). The van der Waals surface area contributed by atoms with Crippen LogP contribution < -0.4 is 10.1 Å². The summed E-state index contributed by atoms with van der Waals surface area (Å²) in [6, 6.07) is 12.6. The minimum atomic E-state index is -4.72. The fourth-order valence-electron chi connectivity index (χ4n) is 2.97. The van der Waals surface area contributed by atoms with Crippen LogP contribution in [-0.2, 0) is 4.79 Å². The van der Waals surface area contributed by atoms with Gasteiger partial charge in [0.1, 0.15) is 5.75 Å². The van der Waals surface area contributed by atoms with E-state index >= 15 is 0 Å². The number of halogens is 4. The topological polar surface area (TPSA) is 38.3 Å². The number of hydrogen-bond acceptors (Lipinski definition) is 2. The van der Waals surface area contributed by atoms with Gasteiger partial charge in [0.2, 0.25) is 5.91 Å². The first kappa shape index (κ1) is 18.6. The van der Waals surface area contributed by atoms with Crippen LogP contribution in [0.25, 0.3) is 0 Å². The quantitative estimate of drug-likeness (QED) is 0.768. The molecule has 1 N–H and O–H groups in total. The van der Waals surface area contributed by atoms with Gasteiger partial charge in [-0.3, -0.25) is 4.79 Å². The summed E-state index contributed by atoms with van der Waals surface area (Å²) in [5.41, 5.74) is 1.67. The summed E-state index contributed by atoms with van der Waals surface area (Å²) in [4.78, 5) is 12.4. The maximum Gasteiger partial charge on any atom is 0.573 e. The highest BCUT2D eigenvalue weighted by Gasteiger charge is 2.45. The minimum absolute atomic E-state index is 0.0852. The molecule has 1 aliphatic rings. The van der Waals surface area contributed by atoms with Crippen molar-refractivity contribution in [3.63, 3.8) is 0 Å². The maximum absolute atomic E-state index is 12.4. The van der Waals surface area contributed by atoms with Gasteiger partial charge in [-0.1, -0.05) is 41.9 Å². The van der Waals surface area contributed by atoms with E-state index in [9.17, 15) is 18.0 Å². The molecule has 0 spiro atoms. The lowest BCUT2D eigenvalue weighted by molar-refractivity contribution is -0.274. The molecule has 2 aromatic carbocycles. The zero-order valence-corrected chi connectivity index (χ0v) is 14.6. The molecule has 1 saturated carbocycles. The molecule has 7 heteroatoms. The van der Waals surface area contributed by atoms with Crippen LogP contribution in [0.2, 0.25) is 5.02 Å². The largest absolute Gasteiger partial charge is 0.573 e. The Bertz CT molecular complexity index is 792. The van der Waals surface area contributed by atoms with E-state index in [0.29, 0.717) is 10.6 Å². The summed E-state index contributed by atoms with van der Waals surface area (Å²) in [5, 5.41) is 3.55. The van der Waals surface area contributed by atoms with Gasteiger partial charge in [-0.15, -0.1) is 13.2 Å². The van der Waals surface area contributed by atoms with Crippen LogP contribution in [0.15, 0.2) is 48.5 Å². The highest BCUT2D eigenvalue weighted by Crippen LogP contribution is 2.49. The van der Waals surface area contributed by atoms with Gasteiger partial charge in [-0.2, -0.15) is 0 Å². The van der Waals surface area contributed by atoms with Crippen LogP contribution in [0.1, 0.15) is 36.4 Å². The van der Waals surface area contributed by atoms with Crippen molar-refractivity contribution in [2.24, 2.45) is 5.92 Å². The van der Waals surface area contributed by atoms with Crippen LogP contribution in [0.5, 0.6) is 5.75 Å². The third-order valence-electron chi connectivity index (χ3n) is 4.40. The Balaban J connectivity index is 1.58. The average Bonchev–Trinajstić information content (AvgIpc) is 3.35. The molecular weight excluding hydrogens is 367 g/mol. The lowest BCUT2D eigenvalue weighted by atomic mass is 10.1. The van der Waals surface area contributed by atoms with E-state index in [4.69, 9.17) is 11.6 Å². The summed E-state index contributed by atoms with van der Waals surface area (Å²) in [7, 11) is 0. The number of alkyl halides is 3. The molecule has 3 unspecified atom stereocenters. The molecular formula is C19H17ClF3NO2. The van der Waals surface area contributed by atoms with Gasteiger partial charge >= 0.3 is 6.36 Å². The number of rotatable bonds is 5. The molecule has 0 bridgehead atoms. The SMILES string of the molecule is CC(NC(=O)C1CC1c1ccccc1Cl)c1ccc(OC(F)(F)F)cc1. The van der Waals surface area contributed by atoms with Crippen LogP contribution >= 0.6 is 11.6 Å². The zero-order chi connectivity index (χ0) is 18.9. The molecule has 1 amide bonds. The maximum atomic E-state index is 12.4. The van der Waals surface area contributed by atoms with Gasteiger partial charge < -0.3 is 10.1 Å². The zero-order valence-electron chi connectivity index (χ0n) is 13.9. The predicted octanol–water partition coefficient (Wildman–Crippen LogP) is 5.22. The van der Waals surface area contributed by atoms with Gasteiger partial charge in [0, 0.05) is 10.9 Å². The lowest BCUT2D eigenvalue weighted by Crippen LogP contribution is -2.28. The second-order valence-electron chi connectivity index (χ2n) is 6.32. The van der Waals surface area contributed by atoms with Crippen LogP contribution in [-0.4, -0.2) is 12.3 Å². The van der Waals surface area contributed by atoms with E-state index < -0.39 is 6.36 Å². The highest BCUT2D eigenvalue weighted by atomic mass is 35.5. The number of nitrogens with one attached hydrogen (secondary N) is 1. The summed E-state index contributed by atoms with van der Waals surface area (Å²) in [5.74, 6) is -0.401. The number of benzene rings is 2. The van der Waals surface area contributed by atoms with Crippen molar-refractivity contribution in [1.29, 1.82) is 0 Å². The Morgan fingerprint density at radius 1 is 1.19 bits per heavy atom. The Kier molecular flexibility index (Phi) is 5.14. The second-order valence-corrected chi connectivity index (χ2v) is 6.72. The monoisotopic (exact) mass is 383 g/mol. The molecule has 1 fully saturated rings. The average molecular weight is 384 g/mol. The number of carbonyl (C=O) groups is 1. The van der Waals surface area contributed by atoms with Gasteiger partial charge in [-0.25, -0.2) is 0 Å². The third-order valence-corrected chi connectivity index (χ3v) is 4.75. The summed E-state index contributed by atoms with van der Waals surface area (Å²) in [6.07, 6.45) is -3.98. The molecule has 0 radical (unpaired) electrons. The summed E-state index contributed by atoms with van der Waals surface area (Å²) >= 11 is 6.17. The molecule has 0 aromatic heterocycles. The van der Waals surface area contributed by atoms with Crippen molar-refractivity contribution in [1.82, 2.24) is 5.32 Å². The first-order valence-corrected chi connectivity index (χ1v) is 8.53. The van der Waals surface area contributed by atoms with Gasteiger partial charge in [0.25, 0.3) is 0 Å². The van der Waals surface area contributed by atoms with Gasteiger partial charge in [-0.05, 0) is 48.6 Å². The van der Waals surface area contributed by atoms with Crippen molar-refractivity contribution in [2.45, 2.75) is 31.7 Å². The fourth-order valence-corrected chi connectivity index (χ4v) is 3.24. The van der Waals surface area contributed by atoms with E-state index in [2.05, 4.69) is 10.1 Å². The smallest absolute Gasteiger partial charge is 0.406 e. The van der Waals surface area contributed by atoms with Crippen molar-refractivity contribution in [3.8, 4) is 5.75 Å². The Morgan fingerprint density at radius 3 is 2.46 bits per heavy atom. The highest BCUT2D eigenvalue weighted by molar-refractivity contribution is 6.31. The molecule has 1 aliphatic carbocycles. The molecule has 0 heterocycles. The standard InChI is InChI=1S/C19H17ClF3NO2/c1-11(12-6-8-13(9-7-12)26-19(21,22)23)24-18(25)16-10-15(16)14-4-2-3-5-17(14)20/h2-9,11,15-16H,10H2,1H3,(H,24,25). The van der Waals surface area contributed by atoms with Crippen molar-refractivity contribution < 1.29 is 22.7 Å². The summed E-state index contributed by atoms with van der Waals surface area (Å²) in [6.45, 7) is 1.78. The van der Waals surface area contributed by atoms with Crippen molar-refractivity contribution >= 4 is 17.5 Å². The van der Waals surface area contributed by atoms with E-state index in [1.807, 2.05) is 18.2 Å². The van der Waals surface area contributed by atoms with Crippen molar-refractivity contribution in [2.75, 3.05) is 0 Å². The van der Waals surface area contributed by atoms with Crippen LogP contribution in [0.4, 0.5) is 13.2 Å². The van der Waals surface area contributed by atoms with E-state index in [-0.39, 0.29) is 29.5 Å². The van der Waals surface area contributed by atoms with Gasteiger partial charge in [0.05, 0.1) is 6.04 Å². The molecule has 0 saturated heterocycles. The number of ether oxygens (including phenoxy) is 1. The molecule has 0 aliphatic heterocycles. The lowest BCUT2D eigenvalue weighted by Gasteiger charge is -2.15. The molecule has 3 nitrogen and oxygen atoms in total. The van der Waals surface area contributed by atoms with E-state index in [1.54, 1.807) is 13.0 Å². The summed E-state index contributed by atoms with van der Waals surface area (Å²) < 4.78 is 40.4. The minimum Gasteiger partial charge on any atom is -0.406 e. The molecule has 138 valence electrons.